The van der Waals surface area contributed by atoms with E-state index in [2.05, 4.69) is 28.2 Å². The van der Waals surface area contributed by atoms with Crippen molar-refractivity contribution in [1.82, 2.24) is 14.9 Å². The van der Waals surface area contributed by atoms with Gasteiger partial charge in [-0.3, -0.25) is 4.79 Å². The summed E-state index contributed by atoms with van der Waals surface area (Å²) >= 11 is 1.67. The average Bonchev–Trinajstić information content (AvgIpc) is 3.30. The van der Waals surface area contributed by atoms with Gasteiger partial charge in [0.1, 0.15) is 5.82 Å². The smallest absolute Gasteiger partial charge is 0.232 e. The number of nitrogens with one attached hydrogen (secondary N) is 1. The molecule has 4 rings (SSSR count). The summed E-state index contributed by atoms with van der Waals surface area (Å²) in [5.74, 6) is 2.14. The number of carbonyl (C=O) groups is 1. The van der Waals surface area contributed by atoms with E-state index >= 15 is 0 Å². The number of rotatable bonds is 4. The SMILES string of the molecule is O=C(CSc1ccc2c(c1)CCC2)N1CCC[C@@H](c2ncc[nH]2)C1. The standard InChI is InChI=1S/C19H23N3OS/c23-18(13-24-17-7-6-14-3-1-4-15(14)11-17)22-10-2-5-16(12-22)19-20-8-9-21-19/h6-9,11,16H,1-5,10,12-13H2,(H,20,21)/t16-/m1/s1. The highest BCUT2D eigenvalue weighted by molar-refractivity contribution is 8.00. The molecule has 5 heteroatoms. The number of benzene rings is 1. The molecule has 0 saturated carbocycles. The van der Waals surface area contributed by atoms with Crippen LogP contribution in [0.1, 0.15) is 42.1 Å². The zero-order valence-electron chi connectivity index (χ0n) is 13.8. The summed E-state index contributed by atoms with van der Waals surface area (Å²) in [6.45, 7) is 1.66. The fourth-order valence-electron chi connectivity index (χ4n) is 3.80. The van der Waals surface area contributed by atoms with E-state index in [0.29, 0.717) is 11.7 Å². The van der Waals surface area contributed by atoms with Gasteiger partial charge >= 0.3 is 0 Å². The van der Waals surface area contributed by atoms with E-state index in [-0.39, 0.29) is 5.91 Å². The number of thioether (sulfide) groups is 1. The predicted molar refractivity (Wildman–Crippen MR) is 96.3 cm³/mol. The Bertz CT molecular complexity index is 713. The second-order valence-electron chi connectivity index (χ2n) is 6.73. The van der Waals surface area contributed by atoms with Crippen molar-refractivity contribution >= 4 is 17.7 Å². The van der Waals surface area contributed by atoms with Crippen molar-refractivity contribution in [3.63, 3.8) is 0 Å². The van der Waals surface area contributed by atoms with E-state index in [1.807, 2.05) is 11.1 Å². The number of carbonyl (C=O) groups excluding carboxylic acids is 1. The molecule has 126 valence electrons. The van der Waals surface area contributed by atoms with Gasteiger partial charge in [-0.25, -0.2) is 4.98 Å². The van der Waals surface area contributed by atoms with Crippen LogP contribution < -0.4 is 0 Å². The highest BCUT2D eigenvalue weighted by atomic mass is 32.2. The Hall–Kier alpha value is -1.75. The van der Waals surface area contributed by atoms with Crippen LogP contribution in [0.4, 0.5) is 0 Å². The molecule has 0 spiro atoms. The fourth-order valence-corrected chi connectivity index (χ4v) is 4.66. The summed E-state index contributed by atoms with van der Waals surface area (Å²) in [4.78, 5) is 23.4. The van der Waals surface area contributed by atoms with Crippen LogP contribution in [0.15, 0.2) is 35.5 Å². The van der Waals surface area contributed by atoms with Crippen LogP contribution in [0.3, 0.4) is 0 Å². The molecule has 1 aromatic heterocycles. The molecule has 0 bridgehead atoms. The summed E-state index contributed by atoms with van der Waals surface area (Å²) in [7, 11) is 0. The van der Waals surface area contributed by atoms with E-state index in [0.717, 1.165) is 31.8 Å². The Morgan fingerprint density at radius 2 is 2.21 bits per heavy atom. The van der Waals surface area contributed by atoms with Crippen molar-refractivity contribution in [3.05, 3.63) is 47.5 Å². The number of piperidine rings is 1. The molecule has 0 radical (unpaired) electrons. The quantitative estimate of drug-likeness (QED) is 0.867. The number of hydrogen-bond donors (Lipinski definition) is 1. The monoisotopic (exact) mass is 341 g/mol. The second-order valence-corrected chi connectivity index (χ2v) is 7.77. The Kier molecular flexibility index (Phi) is 4.60. The van der Waals surface area contributed by atoms with Gasteiger partial charge in [0.25, 0.3) is 0 Å². The molecule has 0 unspecified atom stereocenters. The van der Waals surface area contributed by atoms with Crippen LogP contribution in [0.2, 0.25) is 0 Å². The zero-order chi connectivity index (χ0) is 16.4. The summed E-state index contributed by atoms with van der Waals surface area (Å²) in [6, 6.07) is 6.69. The van der Waals surface area contributed by atoms with Crippen LogP contribution in [0.5, 0.6) is 0 Å². The van der Waals surface area contributed by atoms with Crippen molar-refractivity contribution in [1.29, 1.82) is 0 Å². The van der Waals surface area contributed by atoms with Crippen molar-refractivity contribution in [2.75, 3.05) is 18.8 Å². The van der Waals surface area contributed by atoms with Crippen LogP contribution in [0.25, 0.3) is 0 Å². The highest BCUT2D eigenvalue weighted by Gasteiger charge is 2.26. The first-order valence-electron chi connectivity index (χ1n) is 8.81. The molecule has 1 aliphatic heterocycles. The topological polar surface area (TPSA) is 49.0 Å². The number of nitrogens with zero attached hydrogens (tertiary/aromatic N) is 2. The lowest BCUT2D eigenvalue weighted by atomic mass is 9.97. The van der Waals surface area contributed by atoms with E-state index in [9.17, 15) is 4.79 Å². The maximum absolute atomic E-state index is 12.6. The van der Waals surface area contributed by atoms with Crippen LogP contribution in [-0.4, -0.2) is 39.6 Å². The predicted octanol–water partition coefficient (Wildman–Crippen LogP) is 3.40. The number of aromatic nitrogens is 2. The third-order valence-corrected chi connectivity index (χ3v) is 6.09. The summed E-state index contributed by atoms with van der Waals surface area (Å²) < 4.78 is 0. The van der Waals surface area contributed by atoms with Crippen molar-refractivity contribution in [3.8, 4) is 0 Å². The molecular formula is C19H23N3OS. The van der Waals surface area contributed by atoms with Crippen LogP contribution >= 0.6 is 11.8 Å². The van der Waals surface area contributed by atoms with Gasteiger partial charge < -0.3 is 9.88 Å². The zero-order valence-corrected chi connectivity index (χ0v) is 14.6. The molecule has 1 amide bonds. The lowest BCUT2D eigenvalue weighted by Gasteiger charge is -2.31. The maximum Gasteiger partial charge on any atom is 0.232 e. The Labute approximate surface area is 147 Å². The molecule has 1 aliphatic carbocycles. The van der Waals surface area contributed by atoms with Crippen molar-refractivity contribution in [2.45, 2.75) is 42.9 Å². The average molecular weight is 341 g/mol. The summed E-state index contributed by atoms with van der Waals surface area (Å²) in [5.41, 5.74) is 2.96. The minimum absolute atomic E-state index is 0.247. The molecule has 2 heterocycles. The van der Waals surface area contributed by atoms with Gasteiger partial charge in [0.2, 0.25) is 5.91 Å². The minimum atomic E-state index is 0.247. The first kappa shape index (κ1) is 15.8. The Morgan fingerprint density at radius 3 is 3.08 bits per heavy atom. The largest absolute Gasteiger partial charge is 0.348 e. The van der Waals surface area contributed by atoms with E-state index in [4.69, 9.17) is 0 Å². The third kappa shape index (κ3) is 3.36. The summed E-state index contributed by atoms with van der Waals surface area (Å²) in [6.07, 6.45) is 9.48. The number of imidazole rings is 1. The number of fused-ring (bicyclic) bond motifs is 1. The van der Waals surface area contributed by atoms with Crippen molar-refractivity contribution < 1.29 is 4.79 Å². The molecular weight excluding hydrogens is 318 g/mol. The van der Waals surface area contributed by atoms with E-state index < -0.39 is 0 Å². The van der Waals surface area contributed by atoms with Crippen LogP contribution in [0, 0.1) is 0 Å². The van der Waals surface area contributed by atoms with E-state index in [1.54, 1.807) is 18.0 Å². The lowest BCUT2D eigenvalue weighted by molar-refractivity contribution is -0.129. The molecule has 1 aromatic carbocycles. The molecule has 2 aromatic rings. The molecule has 24 heavy (non-hydrogen) atoms. The number of aryl methyl sites for hydroxylation is 2. The lowest BCUT2D eigenvalue weighted by Crippen LogP contribution is -2.40. The van der Waals surface area contributed by atoms with Crippen molar-refractivity contribution in [2.24, 2.45) is 0 Å². The Morgan fingerprint density at radius 1 is 1.29 bits per heavy atom. The number of likely N-dealkylation sites (tertiary alicyclic amines) is 1. The van der Waals surface area contributed by atoms with Gasteiger partial charge in [-0.1, -0.05) is 6.07 Å². The second kappa shape index (κ2) is 7.01. The molecule has 4 nitrogen and oxygen atoms in total. The minimum Gasteiger partial charge on any atom is -0.348 e. The van der Waals surface area contributed by atoms with Gasteiger partial charge in [-0.2, -0.15) is 0 Å². The number of amides is 1. The molecule has 1 N–H and O–H groups in total. The summed E-state index contributed by atoms with van der Waals surface area (Å²) in [5, 5.41) is 0. The van der Waals surface area contributed by atoms with Gasteiger partial charge in [0, 0.05) is 36.3 Å². The van der Waals surface area contributed by atoms with Gasteiger partial charge in [-0.15, -0.1) is 11.8 Å². The Balaban J connectivity index is 1.34. The highest BCUT2D eigenvalue weighted by Crippen LogP contribution is 2.29. The number of hydrogen-bond acceptors (Lipinski definition) is 3. The fraction of sp³-hybridized carbons (Fsp3) is 0.474. The number of H-pyrrole nitrogens is 1. The molecule has 2 aliphatic rings. The van der Waals surface area contributed by atoms with E-state index in [1.165, 1.54) is 35.3 Å². The first-order chi connectivity index (χ1) is 11.8. The number of aromatic amines is 1. The van der Waals surface area contributed by atoms with Gasteiger partial charge in [-0.05, 0) is 55.4 Å². The normalized spacial score (nSPS) is 20.2. The van der Waals surface area contributed by atoms with Gasteiger partial charge in [0.15, 0.2) is 0 Å². The molecule has 1 atom stereocenters. The van der Waals surface area contributed by atoms with Gasteiger partial charge in [0.05, 0.1) is 5.75 Å². The third-order valence-electron chi connectivity index (χ3n) is 5.11. The maximum atomic E-state index is 12.6. The molecule has 1 fully saturated rings. The molecule has 1 saturated heterocycles. The van der Waals surface area contributed by atoms with Crippen LogP contribution in [-0.2, 0) is 17.6 Å². The first-order valence-corrected chi connectivity index (χ1v) is 9.80.